The van der Waals surface area contributed by atoms with Gasteiger partial charge < -0.3 is 40.7 Å². The number of hydrogen-bond acceptors (Lipinski definition) is 14. The highest BCUT2D eigenvalue weighted by Gasteiger charge is 2.47. The van der Waals surface area contributed by atoms with E-state index in [0.29, 0.717) is 23.6 Å². The van der Waals surface area contributed by atoms with Crippen molar-refractivity contribution >= 4 is 46.3 Å². The number of benzene rings is 3. The standard InChI is InChI=1S/C58H69N9O7S2/c1-7-35(4)50(59-22-21-38-11-9-8-10-12-38)57(72)66-30-45(25-49(66)55(70)62-27-40-15-19-42(20-16-40)53-37(6)64-33-76-53)74-44-24-46-47(60-28-44)31-67(56(46)71)51(34(2)3)58(73)65-29-43(68)23-48(65)54(69)61-26-39-13-17-41(18-14-39)52-36(5)63-32-75-52/h8-20,24,28,32-35,43,45,48-51,56,59,68,71H,7,21-23,25-27,29-31H2,1-6H3,(H,61,69)(H,62,70)/t35-,43+,45+,48-,49-,50-,51-,56?/m0/s1. The fraction of sp³-hybridized carbons (Fsp3) is 0.431. The highest BCUT2D eigenvalue weighted by molar-refractivity contribution is 7.13. The summed E-state index contributed by atoms with van der Waals surface area (Å²) >= 11 is 3.16. The largest absolute Gasteiger partial charge is 0.487 e. The predicted octanol–water partition coefficient (Wildman–Crippen LogP) is 6.97. The van der Waals surface area contributed by atoms with E-state index in [4.69, 9.17) is 9.72 Å². The zero-order valence-electron chi connectivity index (χ0n) is 44.0. The van der Waals surface area contributed by atoms with Crippen molar-refractivity contribution in [1.82, 2.24) is 45.6 Å². The molecule has 76 heavy (non-hydrogen) atoms. The number of hydrogen-bond donors (Lipinski definition) is 5. The number of rotatable bonds is 20. The molecule has 9 rings (SSSR count). The fourth-order valence-corrected chi connectivity index (χ4v) is 12.4. The molecule has 1 unspecified atom stereocenters. The Kier molecular flexibility index (Phi) is 17.4. The van der Waals surface area contributed by atoms with Crippen LogP contribution in [0.2, 0.25) is 0 Å². The molecule has 18 heteroatoms. The summed E-state index contributed by atoms with van der Waals surface area (Å²) in [6, 6.07) is 24.7. The van der Waals surface area contributed by atoms with Gasteiger partial charge in [-0.05, 0) is 72.5 Å². The van der Waals surface area contributed by atoms with E-state index in [0.717, 1.165) is 61.8 Å². The maximum Gasteiger partial charge on any atom is 0.243 e. The van der Waals surface area contributed by atoms with Crippen LogP contribution in [-0.4, -0.2) is 120 Å². The number of aromatic nitrogens is 3. The first-order valence-corrected chi connectivity index (χ1v) is 28.1. The normalized spacial score (nSPS) is 20.6. The van der Waals surface area contributed by atoms with E-state index >= 15 is 0 Å². The molecule has 16 nitrogen and oxygen atoms in total. The lowest BCUT2D eigenvalue weighted by Gasteiger charge is -2.36. The van der Waals surface area contributed by atoms with Crippen molar-refractivity contribution in [3.05, 3.63) is 141 Å². The van der Waals surface area contributed by atoms with Gasteiger partial charge in [0, 0.05) is 44.6 Å². The molecular weight excluding hydrogens is 999 g/mol. The smallest absolute Gasteiger partial charge is 0.243 e. The van der Waals surface area contributed by atoms with E-state index < -0.39 is 42.6 Å². The number of aryl methyl sites for hydroxylation is 2. The first-order valence-electron chi connectivity index (χ1n) is 26.4. The van der Waals surface area contributed by atoms with Gasteiger partial charge in [-0.2, -0.15) is 0 Å². The lowest BCUT2D eigenvalue weighted by molar-refractivity contribution is -0.149. The second kappa shape index (κ2) is 24.3. The van der Waals surface area contributed by atoms with Crippen molar-refractivity contribution < 1.29 is 34.1 Å². The molecule has 0 aliphatic carbocycles. The Hall–Kier alpha value is -6.41. The number of carbonyl (C=O) groups excluding carboxylic acids is 4. The summed E-state index contributed by atoms with van der Waals surface area (Å²) in [6.45, 7) is 13.2. The molecule has 5 N–H and O–H groups in total. The lowest BCUT2D eigenvalue weighted by Crippen LogP contribution is -2.55. The SMILES string of the molecule is CC[C@H](C)[C@H](NCCc1ccccc1)C(=O)N1C[C@H](Oc2cnc3c(c2)C(O)N([C@H](C(=O)N2C[C@H](O)C[C@H]2C(=O)NCc2ccc(-c4scnc4C)cc2)C(C)C)C3)C[C@H]1C(=O)NCc1ccc(-c2scnc2C)cc1. The lowest BCUT2D eigenvalue weighted by atomic mass is 9.97. The number of pyridine rings is 1. The number of thiazole rings is 2. The molecule has 0 saturated carbocycles. The Bertz CT molecular complexity index is 2970. The third-order valence-electron chi connectivity index (χ3n) is 15.1. The number of amides is 4. The summed E-state index contributed by atoms with van der Waals surface area (Å²) in [7, 11) is 0. The second-order valence-electron chi connectivity index (χ2n) is 20.7. The molecule has 3 aromatic carbocycles. The summed E-state index contributed by atoms with van der Waals surface area (Å²) in [4.78, 5) is 77.9. The van der Waals surface area contributed by atoms with E-state index in [1.54, 1.807) is 44.7 Å². The minimum absolute atomic E-state index is 0.0150. The van der Waals surface area contributed by atoms with Crippen LogP contribution in [-0.2, 0) is 45.2 Å². The van der Waals surface area contributed by atoms with Gasteiger partial charge >= 0.3 is 0 Å². The first kappa shape index (κ1) is 54.4. The molecule has 0 bridgehead atoms. The van der Waals surface area contributed by atoms with Gasteiger partial charge in [-0.15, -0.1) is 22.7 Å². The van der Waals surface area contributed by atoms with Crippen LogP contribution in [0.3, 0.4) is 0 Å². The molecule has 0 radical (unpaired) electrons. The van der Waals surface area contributed by atoms with Gasteiger partial charge in [-0.25, -0.2) is 9.97 Å². The van der Waals surface area contributed by atoms with Crippen LogP contribution in [0.1, 0.15) is 92.5 Å². The van der Waals surface area contributed by atoms with Crippen molar-refractivity contribution in [2.24, 2.45) is 11.8 Å². The highest BCUT2D eigenvalue weighted by atomic mass is 32.1. The summed E-state index contributed by atoms with van der Waals surface area (Å²) in [6.07, 6.45) is 0.675. The number of likely N-dealkylation sites (tertiary alicyclic amines) is 2. The number of β-amino-alcohol motifs (C(OH)–C–C–N with tert-alkyl or cyclic N) is 1. The van der Waals surface area contributed by atoms with E-state index in [1.807, 2.05) is 112 Å². The van der Waals surface area contributed by atoms with E-state index in [-0.39, 0.29) is 81.0 Å². The van der Waals surface area contributed by atoms with Crippen molar-refractivity contribution in [2.45, 2.75) is 129 Å². The Labute approximate surface area is 452 Å². The molecule has 2 saturated heterocycles. The topological polar surface area (TPSA) is 202 Å². The van der Waals surface area contributed by atoms with E-state index in [1.165, 1.54) is 4.90 Å². The zero-order valence-corrected chi connectivity index (χ0v) is 45.7. The number of fused-ring (bicyclic) bond motifs is 1. The van der Waals surface area contributed by atoms with Gasteiger partial charge in [0.1, 0.15) is 30.2 Å². The van der Waals surface area contributed by atoms with Gasteiger partial charge in [0.05, 0.1) is 68.8 Å². The summed E-state index contributed by atoms with van der Waals surface area (Å²) in [5.74, 6) is -1.14. The van der Waals surface area contributed by atoms with Crippen LogP contribution in [0.15, 0.2) is 102 Å². The number of aliphatic hydroxyl groups is 2. The number of ether oxygens (including phenoxy) is 1. The number of aliphatic hydroxyl groups excluding tert-OH is 2. The fourth-order valence-electron chi connectivity index (χ4n) is 10.7. The Morgan fingerprint density at radius 3 is 1.87 bits per heavy atom. The Morgan fingerprint density at radius 1 is 0.737 bits per heavy atom. The maximum absolute atomic E-state index is 14.8. The average molecular weight is 1070 g/mol. The molecule has 6 aromatic rings. The minimum atomic E-state index is -1.24. The van der Waals surface area contributed by atoms with Crippen LogP contribution < -0.4 is 20.7 Å². The van der Waals surface area contributed by atoms with Crippen molar-refractivity contribution in [1.29, 1.82) is 0 Å². The molecule has 3 aromatic heterocycles. The minimum Gasteiger partial charge on any atom is -0.487 e. The van der Waals surface area contributed by atoms with Gasteiger partial charge in [0.15, 0.2) is 0 Å². The third-order valence-corrected chi connectivity index (χ3v) is 17.1. The summed E-state index contributed by atoms with van der Waals surface area (Å²) in [5, 5.41) is 32.5. The van der Waals surface area contributed by atoms with Crippen LogP contribution in [0, 0.1) is 25.7 Å². The molecule has 0 spiro atoms. The van der Waals surface area contributed by atoms with Crippen LogP contribution >= 0.6 is 22.7 Å². The van der Waals surface area contributed by atoms with Gasteiger partial charge in [-0.3, -0.25) is 29.1 Å². The quantitative estimate of drug-likeness (QED) is 0.0527. The van der Waals surface area contributed by atoms with Gasteiger partial charge in [0.2, 0.25) is 23.6 Å². The molecule has 8 atom stereocenters. The van der Waals surface area contributed by atoms with Crippen molar-refractivity contribution in [3.8, 4) is 26.6 Å². The molecular formula is C58H69N9O7S2. The number of nitrogens with one attached hydrogen (secondary N) is 3. The average Bonchev–Trinajstić information content (AvgIpc) is 4.30. The molecule has 6 heterocycles. The van der Waals surface area contributed by atoms with Crippen LogP contribution in [0.25, 0.3) is 20.9 Å². The molecule has 3 aliphatic heterocycles. The third kappa shape index (κ3) is 12.2. The second-order valence-corrected chi connectivity index (χ2v) is 22.4. The molecule has 4 amide bonds. The van der Waals surface area contributed by atoms with Gasteiger partial charge in [0.25, 0.3) is 0 Å². The number of carbonyl (C=O) groups is 4. The van der Waals surface area contributed by atoms with Gasteiger partial charge in [-0.1, -0.05) is 113 Å². The summed E-state index contributed by atoms with van der Waals surface area (Å²) in [5.41, 5.74) is 11.7. The molecule has 400 valence electrons. The Morgan fingerprint density at radius 2 is 1.32 bits per heavy atom. The Balaban J connectivity index is 0.873. The predicted molar refractivity (Wildman–Crippen MR) is 294 cm³/mol. The first-order chi connectivity index (χ1) is 36.7. The monoisotopic (exact) mass is 1070 g/mol. The van der Waals surface area contributed by atoms with E-state index in [9.17, 15) is 29.4 Å². The molecule has 2 fully saturated rings. The summed E-state index contributed by atoms with van der Waals surface area (Å²) < 4.78 is 6.60. The number of nitrogens with zero attached hydrogens (tertiary/aromatic N) is 6. The van der Waals surface area contributed by atoms with Crippen LogP contribution in [0.4, 0.5) is 0 Å². The van der Waals surface area contributed by atoms with Crippen molar-refractivity contribution in [3.63, 3.8) is 0 Å². The molecule has 3 aliphatic rings. The van der Waals surface area contributed by atoms with Crippen molar-refractivity contribution in [2.75, 3.05) is 19.6 Å². The van der Waals surface area contributed by atoms with E-state index in [2.05, 4.69) is 45.0 Å². The maximum atomic E-state index is 14.8. The zero-order chi connectivity index (χ0) is 53.6. The van der Waals surface area contributed by atoms with Crippen LogP contribution in [0.5, 0.6) is 5.75 Å². The highest BCUT2D eigenvalue weighted by Crippen LogP contribution is 2.38.